The molecule has 29 heavy (non-hydrogen) atoms. The molecule has 2 unspecified atom stereocenters. The second-order valence-corrected chi connectivity index (χ2v) is 9.40. The summed E-state index contributed by atoms with van der Waals surface area (Å²) in [5.74, 6) is -1.28. The second kappa shape index (κ2) is 8.78. The van der Waals surface area contributed by atoms with Gasteiger partial charge in [-0.05, 0) is 55.3 Å². The van der Waals surface area contributed by atoms with Crippen LogP contribution in [0.1, 0.15) is 18.4 Å². The van der Waals surface area contributed by atoms with Crippen molar-refractivity contribution < 1.29 is 32.6 Å². The molecule has 3 rings (SSSR count). The molecule has 0 spiro atoms. The van der Waals surface area contributed by atoms with E-state index in [0.717, 1.165) is 4.31 Å². The maximum atomic E-state index is 13.3. The lowest BCUT2D eigenvalue weighted by Gasteiger charge is -2.34. The fraction of sp³-hybridized carbons (Fsp3) is 0.316. The van der Waals surface area contributed by atoms with Gasteiger partial charge in [-0.15, -0.1) is 0 Å². The van der Waals surface area contributed by atoms with Gasteiger partial charge in [0, 0.05) is 16.6 Å². The number of ether oxygens (including phenoxy) is 1. The molecule has 7 nitrogen and oxygen atoms in total. The lowest BCUT2D eigenvalue weighted by atomic mass is 10.0. The normalized spacial score (nSPS) is 20.4. The molecule has 156 valence electrons. The number of nitrogens with zero attached hydrogens (tertiary/aromatic N) is 1. The van der Waals surface area contributed by atoms with E-state index in [9.17, 15) is 27.8 Å². The van der Waals surface area contributed by atoms with Crippen LogP contribution in [0.4, 0.5) is 4.39 Å². The van der Waals surface area contributed by atoms with E-state index in [0.29, 0.717) is 15.8 Å². The van der Waals surface area contributed by atoms with E-state index >= 15 is 0 Å². The Kier molecular flexibility index (Phi) is 6.57. The highest BCUT2D eigenvalue weighted by molar-refractivity contribution is 9.10. The highest BCUT2D eigenvalue weighted by Crippen LogP contribution is 2.27. The molecule has 0 aliphatic carbocycles. The van der Waals surface area contributed by atoms with E-state index in [1.54, 1.807) is 6.07 Å². The Morgan fingerprint density at radius 3 is 2.55 bits per heavy atom. The van der Waals surface area contributed by atoms with Crippen LogP contribution in [0.3, 0.4) is 0 Å². The molecule has 0 radical (unpaired) electrons. The molecule has 2 N–H and O–H groups in total. The minimum atomic E-state index is -4.11. The zero-order valence-corrected chi connectivity index (χ0v) is 17.6. The number of rotatable bonds is 6. The van der Waals surface area contributed by atoms with Crippen LogP contribution in [0.25, 0.3) is 0 Å². The number of β-amino-alcohol motifs (C(OH)–C–C–N with tert-alkyl or cyclic N) is 1. The fourth-order valence-electron chi connectivity index (χ4n) is 3.09. The van der Waals surface area contributed by atoms with Crippen molar-refractivity contribution in [2.45, 2.75) is 36.5 Å². The molecular formula is C19H19BrFNO6S. The molecule has 1 aliphatic heterocycles. The Bertz CT molecular complexity index is 998. The lowest BCUT2D eigenvalue weighted by Crippen LogP contribution is -2.51. The van der Waals surface area contributed by atoms with Crippen LogP contribution in [0.15, 0.2) is 51.8 Å². The zero-order valence-electron chi connectivity index (χ0n) is 15.2. The molecule has 10 heteroatoms. The minimum absolute atomic E-state index is 0.0411. The number of benzene rings is 2. The quantitative estimate of drug-likeness (QED) is 0.648. The Hall–Kier alpha value is -2.01. The van der Waals surface area contributed by atoms with Crippen molar-refractivity contribution in [1.29, 1.82) is 0 Å². The summed E-state index contributed by atoms with van der Waals surface area (Å²) in [4.78, 5) is 11.3. The molecule has 0 amide bonds. The summed E-state index contributed by atoms with van der Waals surface area (Å²) in [6, 6.07) is 8.49. The van der Waals surface area contributed by atoms with Gasteiger partial charge in [-0.3, -0.25) is 4.79 Å². The standard InChI is InChI=1S/C19H19BrFNO6S/c20-17-7-1-13(21)9-12(17)11-28-15-3-5-16(6-4-15)29(26,27)22-10-14(23)2-8-18(22)19(24)25/h1,3-7,9,14,18,23H,2,8,10-11H2,(H,24,25). The van der Waals surface area contributed by atoms with E-state index < -0.39 is 34.0 Å². The molecule has 1 saturated heterocycles. The predicted octanol–water partition coefficient (Wildman–Crippen LogP) is 2.77. The first-order valence-corrected chi connectivity index (χ1v) is 11.0. The van der Waals surface area contributed by atoms with Gasteiger partial charge in [0.2, 0.25) is 10.0 Å². The van der Waals surface area contributed by atoms with Gasteiger partial charge < -0.3 is 14.9 Å². The number of hydrogen-bond acceptors (Lipinski definition) is 5. The molecule has 0 bridgehead atoms. The summed E-state index contributed by atoms with van der Waals surface area (Å²) in [6.07, 6.45) is -0.641. The van der Waals surface area contributed by atoms with E-state index in [2.05, 4.69) is 15.9 Å². The number of halogens is 2. The van der Waals surface area contributed by atoms with Gasteiger partial charge in [-0.2, -0.15) is 4.31 Å². The number of piperidine rings is 1. The van der Waals surface area contributed by atoms with Crippen LogP contribution in [-0.2, 0) is 21.4 Å². The molecule has 2 aromatic carbocycles. The summed E-state index contributed by atoms with van der Waals surface area (Å²) in [7, 11) is -4.11. The van der Waals surface area contributed by atoms with Crippen LogP contribution < -0.4 is 4.74 Å². The largest absolute Gasteiger partial charge is 0.489 e. The van der Waals surface area contributed by atoms with Crippen molar-refractivity contribution in [3.8, 4) is 5.75 Å². The maximum Gasteiger partial charge on any atom is 0.322 e. The van der Waals surface area contributed by atoms with Gasteiger partial charge >= 0.3 is 5.97 Å². The molecule has 1 fully saturated rings. The minimum Gasteiger partial charge on any atom is -0.489 e. The molecule has 1 aliphatic rings. The number of sulfonamides is 1. The van der Waals surface area contributed by atoms with Crippen molar-refractivity contribution in [2.75, 3.05) is 6.54 Å². The number of carboxylic acids is 1. The zero-order chi connectivity index (χ0) is 21.2. The van der Waals surface area contributed by atoms with Crippen LogP contribution in [0.5, 0.6) is 5.75 Å². The summed E-state index contributed by atoms with van der Waals surface area (Å²) < 4.78 is 46.2. The SMILES string of the molecule is O=C(O)C1CCC(O)CN1S(=O)(=O)c1ccc(OCc2cc(F)ccc2Br)cc1. The van der Waals surface area contributed by atoms with Crippen LogP contribution in [0, 0.1) is 5.82 Å². The van der Waals surface area contributed by atoms with Gasteiger partial charge in [-0.1, -0.05) is 15.9 Å². The smallest absolute Gasteiger partial charge is 0.322 e. The lowest BCUT2D eigenvalue weighted by molar-refractivity contribution is -0.143. The van der Waals surface area contributed by atoms with Crippen molar-refractivity contribution >= 4 is 31.9 Å². The Morgan fingerprint density at radius 1 is 1.21 bits per heavy atom. The summed E-state index contributed by atoms with van der Waals surface area (Å²) >= 11 is 3.31. The number of hydrogen-bond donors (Lipinski definition) is 2. The topological polar surface area (TPSA) is 104 Å². The number of carbonyl (C=O) groups is 1. The van der Waals surface area contributed by atoms with E-state index in [1.807, 2.05) is 0 Å². The summed E-state index contributed by atoms with van der Waals surface area (Å²) in [6.45, 7) is -0.199. The summed E-state index contributed by atoms with van der Waals surface area (Å²) in [5, 5.41) is 19.1. The van der Waals surface area contributed by atoms with Crippen molar-refractivity contribution in [3.05, 3.63) is 58.3 Å². The molecule has 0 saturated carbocycles. The number of carboxylic acid groups (broad SMARTS) is 1. The van der Waals surface area contributed by atoms with E-state index in [1.165, 1.54) is 36.4 Å². The molecule has 0 aromatic heterocycles. The van der Waals surface area contributed by atoms with E-state index in [-0.39, 0.29) is 30.9 Å². The molecular weight excluding hydrogens is 469 g/mol. The van der Waals surface area contributed by atoms with Gasteiger partial charge in [0.05, 0.1) is 11.0 Å². The van der Waals surface area contributed by atoms with Crippen molar-refractivity contribution in [3.63, 3.8) is 0 Å². The fourth-order valence-corrected chi connectivity index (χ4v) is 5.10. The van der Waals surface area contributed by atoms with Crippen molar-refractivity contribution in [2.24, 2.45) is 0 Å². The van der Waals surface area contributed by atoms with Gasteiger partial charge in [0.15, 0.2) is 0 Å². The van der Waals surface area contributed by atoms with Crippen molar-refractivity contribution in [1.82, 2.24) is 4.31 Å². The number of aliphatic hydroxyl groups is 1. The highest BCUT2D eigenvalue weighted by atomic mass is 79.9. The third-order valence-electron chi connectivity index (χ3n) is 4.63. The molecule has 2 aromatic rings. The Morgan fingerprint density at radius 2 is 1.90 bits per heavy atom. The summed E-state index contributed by atoms with van der Waals surface area (Å²) in [5.41, 5.74) is 0.591. The average Bonchev–Trinajstić information content (AvgIpc) is 2.68. The van der Waals surface area contributed by atoms with E-state index in [4.69, 9.17) is 4.74 Å². The predicted molar refractivity (Wildman–Crippen MR) is 105 cm³/mol. The molecule has 1 heterocycles. The highest BCUT2D eigenvalue weighted by Gasteiger charge is 2.40. The molecule has 2 atom stereocenters. The first-order chi connectivity index (χ1) is 13.7. The Labute approximate surface area is 175 Å². The van der Waals surface area contributed by atoms with Crippen LogP contribution in [0.2, 0.25) is 0 Å². The Balaban J connectivity index is 1.76. The van der Waals surface area contributed by atoms with Gasteiger partial charge in [0.1, 0.15) is 24.2 Å². The maximum absolute atomic E-state index is 13.3. The van der Waals surface area contributed by atoms with Gasteiger partial charge in [-0.25, -0.2) is 12.8 Å². The third kappa shape index (κ3) is 4.95. The first-order valence-electron chi connectivity index (χ1n) is 8.78. The average molecular weight is 488 g/mol. The third-order valence-corrected chi connectivity index (χ3v) is 7.29. The van der Waals surface area contributed by atoms with Crippen LogP contribution >= 0.6 is 15.9 Å². The number of aliphatic hydroxyl groups excluding tert-OH is 1. The monoisotopic (exact) mass is 487 g/mol. The van der Waals surface area contributed by atoms with Gasteiger partial charge in [0.25, 0.3) is 0 Å². The second-order valence-electron chi connectivity index (χ2n) is 6.66. The first kappa shape index (κ1) is 21.7. The number of aliphatic carboxylic acids is 1. The van der Waals surface area contributed by atoms with Crippen LogP contribution in [-0.4, -0.2) is 47.6 Å².